The molecule has 0 saturated heterocycles. The summed E-state index contributed by atoms with van der Waals surface area (Å²) >= 11 is 0. The van der Waals surface area contributed by atoms with Crippen molar-refractivity contribution in [3.8, 4) is 0 Å². The number of nitrogens with two attached hydrogens (primary N) is 1. The summed E-state index contributed by atoms with van der Waals surface area (Å²) in [6.45, 7) is 13.8. The largest absolute Gasteiger partial charge is 0.475 e. The lowest BCUT2D eigenvalue weighted by molar-refractivity contribution is -0.137. The number of carbonyl (C=O) groups excluding carboxylic acids is 6. The molecule has 0 aromatic heterocycles. The Hall–Kier alpha value is -4.71. The van der Waals surface area contributed by atoms with E-state index < -0.39 is 18.0 Å². The summed E-state index contributed by atoms with van der Waals surface area (Å²) in [6.07, 6.45) is 4.98. The number of hydrogen-bond acceptors (Lipinski definition) is 9. The predicted octanol–water partition coefficient (Wildman–Crippen LogP) is 3.47. The number of nitrogens with one attached hydrogen (secondary N) is 3. The van der Waals surface area contributed by atoms with Gasteiger partial charge in [0.1, 0.15) is 6.61 Å². The fourth-order valence-electron chi connectivity index (χ4n) is 5.28. The number of benzene rings is 1. The molecule has 1 aliphatic rings. The highest BCUT2D eigenvalue weighted by atomic mass is 31.0. The van der Waals surface area contributed by atoms with Crippen LogP contribution in [0.1, 0.15) is 64.4 Å². The van der Waals surface area contributed by atoms with Gasteiger partial charge in [-0.3, -0.25) is 28.9 Å². The third-order valence-corrected chi connectivity index (χ3v) is 9.12. The van der Waals surface area contributed by atoms with Crippen LogP contribution >= 0.6 is 9.24 Å². The zero-order valence-electron chi connectivity index (χ0n) is 30.9. The third-order valence-electron chi connectivity index (χ3n) is 8.68. The standard InChI is InChI=1S/C37H56N7O7P/c1-25(2)35(41-32(46)12-8-7-9-20-44-33(47)17-18-34(44)48)31(45)23-29(11-10-19-39-37(38)50)36(49)40-30-15-13-28(14-16-30)24-51-26(3)42(5)21-22-43(6)27(4)52/h13-18,25,29,35H,3-4,7-12,19-24,52H2,1-2,5-6H3,(H,40,49)(H,41,46)(H3,38,39,50)/t29-,35+/m1/s1. The summed E-state index contributed by atoms with van der Waals surface area (Å²) in [5.41, 5.74) is 7.49. The van der Waals surface area contributed by atoms with E-state index in [2.05, 4.69) is 38.3 Å². The molecule has 1 aliphatic heterocycles. The van der Waals surface area contributed by atoms with Crippen molar-refractivity contribution in [2.75, 3.05) is 45.6 Å². The van der Waals surface area contributed by atoms with Gasteiger partial charge in [-0.15, -0.1) is 0 Å². The number of ketones is 1. The molecule has 2 rings (SSSR count). The summed E-state index contributed by atoms with van der Waals surface area (Å²) < 4.78 is 5.85. The van der Waals surface area contributed by atoms with Gasteiger partial charge in [0.25, 0.3) is 11.8 Å². The Morgan fingerprint density at radius 3 is 2.17 bits per heavy atom. The lowest BCUT2D eigenvalue weighted by atomic mass is 9.89. The molecule has 0 saturated carbocycles. The monoisotopic (exact) mass is 741 g/mol. The number of anilines is 1. The van der Waals surface area contributed by atoms with Gasteiger partial charge in [-0.1, -0.05) is 48.2 Å². The maximum Gasteiger partial charge on any atom is 0.312 e. The van der Waals surface area contributed by atoms with Crippen molar-refractivity contribution < 1.29 is 33.5 Å². The van der Waals surface area contributed by atoms with Crippen molar-refractivity contribution >= 4 is 50.4 Å². The molecular weight excluding hydrogens is 685 g/mol. The number of imide groups is 1. The molecule has 5 N–H and O–H groups in total. The Bertz CT molecular complexity index is 1450. The van der Waals surface area contributed by atoms with Crippen molar-refractivity contribution in [2.24, 2.45) is 17.6 Å². The molecule has 1 heterocycles. The molecule has 14 nitrogen and oxygen atoms in total. The first-order valence-electron chi connectivity index (χ1n) is 17.6. The molecule has 15 heteroatoms. The van der Waals surface area contributed by atoms with E-state index in [1.165, 1.54) is 17.1 Å². The van der Waals surface area contributed by atoms with Crippen molar-refractivity contribution in [1.29, 1.82) is 0 Å². The van der Waals surface area contributed by atoms with E-state index in [0.717, 1.165) is 17.5 Å². The van der Waals surface area contributed by atoms with Gasteiger partial charge in [-0.05, 0) is 55.9 Å². The van der Waals surface area contributed by atoms with Crippen LogP contribution in [0.25, 0.3) is 0 Å². The molecule has 286 valence electrons. The number of rotatable bonds is 25. The highest BCUT2D eigenvalue weighted by Crippen LogP contribution is 2.20. The van der Waals surface area contributed by atoms with Gasteiger partial charge in [0.05, 0.1) is 6.04 Å². The molecule has 1 unspecified atom stereocenters. The van der Waals surface area contributed by atoms with E-state index in [1.54, 1.807) is 12.1 Å². The highest BCUT2D eigenvalue weighted by Gasteiger charge is 2.29. The number of likely N-dealkylation sites (N-methyl/N-ethyl adjacent to an activating group) is 2. The highest BCUT2D eigenvalue weighted by molar-refractivity contribution is 7.22. The second kappa shape index (κ2) is 22.3. The molecule has 0 spiro atoms. The van der Waals surface area contributed by atoms with Crippen LogP contribution in [0.3, 0.4) is 0 Å². The number of primary amides is 1. The number of urea groups is 1. The fraction of sp³-hybridized carbons (Fsp3) is 0.514. The predicted molar refractivity (Wildman–Crippen MR) is 204 cm³/mol. The van der Waals surface area contributed by atoms with Gasteiger partial charge < -0.3 is 36.2 Å². The van der Waals surface area contributed by atoms with Crippen LogP contribution < -0.4 is 21.7 Å². The van der Waals surface area contributed by atoms with Gasteiger partial charge in [0.2, 0.25) is 11.8 Å². The number of Topliss-reactive ketones (excluding diaryl/α,β-unsaturated/α-hetero) is 1. The topological polar surface area (TPSA) is 183 Å². The minimum atomic E-state index is -0.795. The second-order valence-electron chi connectivity index (χ2n) is 13.3. The molecular formula is C37H56N7O7P. The van der Waals surface area contributed by atoms with Crippen LogP contribution in [0.15, 0.2) is 60.9 Å². The van der Waals surface area contributed by atoms with E-state index >= 15 is 0 Å². The van der Waals surface area contributed by atoms with Gasteiger partial charge in [-0.25, -0.2) is 4.79 Å². The van der Waals surface area contributed by atoms with E-state index in [9.17, 15) is 28.8 Å². The van der Waals surface area contributed by atoms with Crippen molar-refractivity contribution in [3.05, 3.63) is 66.5 Å². The molecule has 52 heavy (non-hydrogen) atoms. The van der Waals surface area contributed by atoms with Crippen molar-refractivity contribution in [3.63, 3.8) is 0 Å². The Morgan fingerprint density at radius 2 is 1.58 bits per heavy atom. The van der Waals surface area contributed by atoms with Gasteiger partial charge >= 0.3 is 6.03 Å². The molecule has 3 atom stereocenters. The van der Waals surface area contributed by atoms with Crippen molar-refractivity contribution in [1.82, 2.24) is 25.3 Å². The Balaban J connectivity index is 1.93. The van der Waals surface area contributed by atoms with Gasteiger partial charge in [-0.2, -0.15) is 0 Å². The zero-order chi connectivity index (χ0) is 38.8. The van der Waals surface area contributed by atoms with Crippen molar-refractivity contribution in [2.45, 2.75) is 71.4 Å². The number of amides is 6. The van der Waals surface area contributed by atoms with E-state index in [-0.39, 0.29) is 61.3 Å². The maximum atomic E-state index is 13.5. The Morgan fingerprint density at radius 1 is 0.942 bits per heavy atom. The van der Waals surface area contributed by atoms with Crippen LogP contribution in [0, 0.1) is 11.8 Å². The summed E-state index contributed by atoms with van der Waals surface area (Å²) in [4.78, 5) is 79.5. The molecule has 1 aromatic carbocycles. The lowest BCUT2D eigenvalue weighted by Gasteiger charge is -2.26. The number of nitrogens with zero attached hydrogens (tertiary/aromatic N) is 3. The van der Waals surface area contributed by atoms with Crippen LogP contribution in [-0.2, 0) is 35.3 Å². The average molecular weight is 742 g/mol. The average Bonchev–Trinajstić information content (AvgIpc) is 3.41. The van der Waals surface area contributed by atoms with E-state index in [4.69, 9.17) is 10.5 Å². The fourth-order valence-corrected chi connectivity index (χ4v) is 5.41. The first kappa shape index (κ1) is 43.5. The van der Waals surface area contributed by atoms with Gasteiger partial charge in [0.15, 0.2) is 11.7 Å². The van der Waals surface area contributed by atoms with Crippen LogP contribution in [0.2, 0.25) is 0 Å². The number of ether oxygens (including phenoxy) is 1. The number of carbonyl (C=O) groups is 6. The Labute approximate surface area is 309 Å². The van der Waals surface area contributed by atoms with Crippen LogP contribution in [0.4, 0.5) is 10.5 Å². The third kappa shape index (κ3) is 15.7. The first-order valence-corrected chi connectivity index (χ1v) is 18.1. The summed E-state index contributed by atoms with van der Waals surface area (Å²) in [7, 11) is 6.43. The normalized spacial score (nSPS) is 13.4. The first-order chi connectivity index (χ1) is 24.6. The molecule has 0 radical (unpaired) electrons. The SMILES string of the molecule is C=C(P)N(C)CCN(C)C(=C)OCc1ccc(NC(=O)[C@H](CCCNC(N)=O)CC(=O)[C@@H](NC(=O)CCCCCN2C(=O)C=CC2=O)C(C)C)cc1. The summed E-state index contributed by atoms with van der Waals surface area (Å²) in [5, 5.41) is 8.24. The van der Waals surface area contributed by atoms with E-state index in [0.29, 0.717) is 56.8 Å². The molecule has 0 aliphatic carbocycles. The van der Waals surface area contributed by atoms with Crippen LogP contribution in [-0.4, -0.2) is 96.5 Å². The summed E-state index contributed by atoms with van der Waals surface area (Å²) in [5.74, 6) is -2.01. The smallest absolute Gasteiger partial charge is 0.312 e. The lowest BCUT2D eigenvalue weighted by Crippen LogP contribution is -2.45. The number of unbranched alkanes of at least 4 members (excludes halogenated alkanes) is 2. The summed E-state index contributed by atoms with van der Waals surface area (Å²) in [6, 6.07) is 5.70. The maximum absolute atomic E-state index is 13.5. The molecule has 0 fully saturated rings. The molecule has 0 bridgehead atoms. The second-order valence-corrected chi connectivity index (χ2v) is 13.9. The minimum Gasteiger partial charge on any atom is -0.475 e. The minimum absolute atomic E-state index is 0.111. The molecule has 1 aromatic rings. The zero-order valence-corrected chi connectivity index (χ0v) is 32.1. The Kier molecular flexibility index (Phi) is 18.6. The molecule has 6 amide bonds. The van der Waals surface area contributed by atoms with Crippen LogP contribution in [0.5, 0.6) is 0 Å². The van der Waals surface area contributed by atoms with Gasteiger partial charge in [0, 0.05) is 82.3 Å². The van der Waals surface area contributed by atoms with E-state index in [1.807, 2.05) is 49.9 Å². The number of hydrogen-bond donors (Lipinski definition) is 4. The quantitative estimate of drug-likeness (QED) is 0.0505.